The Morgan fingerprint density at radius 1 is 1.19 bits per heavy atom. The molecule has 7 heteroatoms. The summed E-state index contributed by atoms with van der Waals surface area (Å²) in [5.74, 6) is -2.15. The molecule has 2 fully saturated rings. The molecule has 2 N–H and O–H groups in total. The third kappa shape index (κ3) is 3.63. The molecule has 2 aromatic rings. The summed E-state index contributed by atoms with van der Waals surface area (Å²) in [5, 5.41) is 22.2. The Morgan fingerprint density at radius 3 is 2.52 bits per heavy atom. The van der Waals surface area contributed by atoms with Gasteiger partial charge >= 0.3 is 5.97 Å². The molecule has 4 nitrogen and oxygen atoms in total. The van der Waals surface area contributed by atoms with Crippen LogP contribution in [0.1, 0.15) is 46.5 Å². The van der Waals surface area contributed by atoms with Crippen molar-refractivity contribution in [3.05, 3.63) is 57.3 Å². The van der Waals surface area contributed by atoms with Crippen LogP contribution in [0.2, 0.25) is 0 Å². The first kappa shape index (κ1) is 18.5. The molecule has 144 valence electrons. The van der Waals surface area contributed by atoms with Gasteiger partial charge in [-0.25, -0.2) is 13.6 Å². The number of thiophene rings is 1. The topological polar surface area (TPSA) is 60.8 Å². The van der Waals surface area contributed by atoms with Gasteiger partial charge in [0.15, 0.2) is 0 Å². The number of hydrogen-bond donors (Lipinski definition) is 2. The molecule has 0 radical (unpaired) electrons. The second-order valence-electron chi connectivity index (χ2n) is 7.68. The van der Waals surface area contributed by atoms with E-state index < -0.39 is 23.2 Å². The van der Waals surface area contributed by atoms with E-state index in [1.165, 1.54) is 23.5 Å². The smallest absolute Gasteiger partial charge is 0.346 e. The Morgan fingerprint density at radius 2 is 1.89 bits per heavy atom. The molecule has 4 rings (SSSR count). The number of halogens is 2. The first-order chi connectivity index (χ1) is 12.8. The van der Waals surface area contributed by atoms with E-state index in [9.17, 15) is 23.8 Å². The largest absolute Gasteiger partial charge is 0.477 e. The summed E-state index contributed by atoms with van der Waals surface area (Å²) in [6, 6.07) is 5.60. The van der Waals surface area contributed by atoms with Crippen molar-refractivity contribution in [1.29, 1.82) is 0 Å². The van der Waals surface area contributed by atoms with Crippen LogP contribution < -0.4 is 0 Å². The standard InChI is InChI=1S/C20H21F2NO3S/c21-14-2-1-12(17(22)7-14)8-20(26)9-15-3-4-16(10-20)23(15)11-13-5-6-27-18(13)19(24)25/h1-2,5-7,15-16,26H,3-4,8-11H2,(H,24,25). The summed E-state index contributed by atoms with van der Waals surface area (Å²) in [7, 11) is 0. The zero-order chi connectivity index (χ0) is 19.2. The van der Waals surface area contributed by atoms with E-state index in [0.717, 1.165) is 24.5 Å². The number of piperidine rings is 1. The average Bonchev–Trinajstić information content (AvgIpc) is 3.15. The number of benzene rings is 1. The highest BCUT2D eigenvalue weighted by molar-refractivity contribution is 7.12. The van der Waals surface area contributed by atoms with Crippen molar-refractivity contribution >= 4 is 17.3 Å². The molecule has 1 aromatic heterocycles. The minimum atomic E-state index is -1.02. The van der Waals surface area contributed by atoms with Gasteiger partial charge in [-0.15, -0.1) is 11.3 Å². The summed E-state index contributed by atoms with van der Waals surface area (Å²) in [5.41, 5.74) is 0.114. The third-order valence-electron chi connectivity index (χ3n) is 5.83. The van der Waals surface area contributed by atoms with Gasteiger partial charge < -0.3 is 10.2 Å². The summed E-state index contributed by atoms with van der Waals surface area (Å²) < 4.78 is 27.1. The van der Waals surface area contributed by atoms with E-state index in [2.05, 4.69) is 4.90 Å². The van der Waals surface area contributed by atoms with Crippen molar-refractivity contribution in [3.8, 4) is 0 Å². The SMILES string of the molecule is O=C(O)c1sccc1CN1C2CCC1CC(O)(Cc1ccc(F)cc1F)C2. The zero-order valence-electron chi connectivity index (χ0n) is 14.7. The fourth-order valence-electron chi connectivity index (χ4n) is 4.68. The molecule has 2 aliphatic rings. The molecule has 1 aromatic carbocycles. The molecule has 2 unspecified atom stereocenters. The Balaban J connectivity index is 1.49. The predicted molar refractivity (Wildman–Crippen MR) is 97.9 cm³/mol. The number of aromatic carboxylic acids is 1. The lowest BCUT2D eigenvalue weighted by Crippen LogP contribution is -2.51. The highest BCUT2D eigenvalue weighted by Crippen LogP contribution is 2.43. The molecule has 3 heterocycles. The Bertz CT molecular complexity index is 855. The molecule has 2 atom stereocenters. The van der Waals surface area contributed by atoms with Crippen molar-refractivity contribution in [2.45, 2.75) is 56.3 Å². The average molecular weight is 393 g/mol. The number of nitrogens with zero attached hydrogens (tertiary/aromatic N) is 1. The van der Waals surface area contributed by atoms with Crippen molar-refractivity contribution in [3.63, 3.8) is 0 Å². The van der Waals surface area contributed by atoms with Gasteiger partial charge in [-0.3, -0.25) is 4.90 Å². The fourth-order valence-corrected chi connectivity index (χ4v) is 5.43. The van der Waals surface area contributed by atoms with Gasteiger partial charge in [-0.05, 0) is 54.3 Å². The third-order valence-corrected chi connectivity index (χ3v) is 6.78. The van der Waals surface area contributed by atoms with Crippen LogP contribution >= 0.6 is 11.3 Å². The highest BCUT2D eigenvalue weighted by atomic mass is 32.1. The number of carboxylic acid groups (broad SMARTS) is 1. The van der Waals surface area contributed by atoms with Crippen LogP contribution in [-0.2, 0) is 13.0 Å². The minimum Gasteiger partial charge on any atom is -0.477 e. The van der Waals surface area contributed by atoms with E-state index in [-0.39, 0.29) is 18.5 Å². The number of rotatable bonds is 5. The number of carbonyl (C=O) groups is 1. The van der Waals surface area contributed by atoms with Crippen LogP contribution in [0.5, 0.6) is 0 Å². The number of fused-ring (bicyclic) bond motifs is 2. The molecule has 2 bridgehead atoms. The number of aliphatic hydroxyl groups is 1. The normalized spacial score (nSPS) is 27.8. The molecular formula is C20H21F2NO3S. The lowest BCUT2D eigenvalue weighted by Gasteiger charge is -2.44. The fraction of sp³-hybridized carbons (Fsp3) is 0.450. The second-order valence-corrected chi connectivity index (χ2v) is 8.60. The van der Waals surface area contributed by atoms with Crippen LogP contribution in [0.3, 0.4) is 0 Å². The quantitative estimate of drug-likeness (QED) is 0.811. The van der Waals surface area contributed by atoms with Crippen LogP contribution in [0.25, 0.3) is 0 Å². The molecule has 2 aliphatic heterocycles. The van der Waals surface area contributed by atoms with E-state index in [1.807, 2.05) is 6.07 Å². The molecule has 27 heavy (non-hydrogen) atoms. The number of hydrogen-bond acceptors (Lipinski definition) is 4. The maximum atomic E-state index is 14.0. The van der Waals surface area contributed by atoms with Crippen molar-refractivity contribution < 1.29 is 23.8 Å². The van der Waals surface area contributed by atoms with E-state index in [4.69, 9.17) is 0 Å². The van der Waals surface area contributed by atoms with Gasteiger partial charge in [0.25, 0.3) is 0 Å². The van der Waals surface area contributed by atoms with Gasteiger partial charge in [0.05, 0.1) is 5.60 Å². The predicted octanol–water partition coefficient (Wildman–Crippen LogP) is 3.83. The summed E-state index contributed by atoms with van der Waals surface area (Å²) >= 11 is 1.23. The lowest BCUT2D eigenvalue weighted by atomic mass is 9.81. The van der Waals surface area contributed by atoms with Crippen molar-refractivity contribution in [2.75, 3.05) is 0 Å². The Kier molecular flexibility index (Phi) is 4.78. The zero-order valence-corrected chi connectivity index (χ0v) is 15.5. The van der Waals surface area contributed by atoms with E-state index in [0.29, 0.717) is 29.8 Å². The lowest BCUT2D eigenvalue weighted by molar-refractivity contribution is -0.0545. The van der Waals surface area contributed by atoms with Crippen LogP contribution in [0.15, 0.2) is 29.6 Å². The first-order valence-electron chi connectivity index (χ1n) is 9.06. The maximum absolute atomic E-state index is 14.0. The van der Waals surface area contributed by atoms with Gasteiger partial charge in [-0.2, -0.15) is 0 Å². The summed E-state index contributed by atoms with van der Waals surface area (Å²) in [4.78, 5) is 14.0. The summed E-state index contributed by atoms with van der Waals surface area (Å²) in [6.45, 7) is 0.557. The Hall–Kier alpha value is -1.83. The van der Waals surface area contributed by atoms with E-state index in [1.54, 1.807) is 5.38 Å². The number of carboxylic acids is 1. The molecule has 2 saturated heterocycles. The molecule has 0 aliphatic carbocycles. The monoisotopic (exact) mass is 393 g/mol. The second kappa shape index (κ2) is 6.96. The van der Waals surface area contributed by atoms with Crippen molar-refractivity contribution in [2.24, 2.45) is 0 Å². The van der Waals surface area contributed by atoms with Crippen molar-refractivity contribution in [1.82, 2.24) is 4.90 Å². The van der Waals surface area contributed by atoms with Gasteiger partial charge in [0.1, 0.15) is 16.5 Å². The van der Waals surface area contributed by atoms with Gasteiger partial charge in [0.2, 0.25) is 0 Å². The maximum Gasteiger partial charge on any atom is 0.346 e. The molecule has 0 spiro atoms. The van der Waals surface area contributed by atoms with E-state index >= 15 is 0 Å². The highest BCUT2D eigenvalue weighted by Gasteiger charge is 2.47. The molecule has 0 amide bonds. The summed E-state index contributed by atoms with van der Waals surface area (Å²) in [6.07, 6.45) is 3.05. The molecule has 0 saturated carbocycles. The minimum absolute atomic E-state index is 0.138. The van der Waals surface area contributed by atoms with Crippen LogP contribution in [0.4, 0.5) is 8.78 Å². The van der Waals surface area contributed by atoms with Gasteiger partial charge in [-0.1, -0.05) is 6.07 Å². The Labute approximate surface area is 160 Å². The molecular weight excluding hydrogens is 372 g/mol. The van der Waals surface area contributed by atoms with Crippen LogP contribution in [-0.4, -0.2) is 38.8 Å². The first-order valence-corrected chi connectivity index (χ1v) is 9.94. The van der Waals surface area contributed by atoms with Gasteiger partial charge in [0, 0.05) is 31.1 Å². The van der Waals surface area contributed by atoms with Crippen LogP contribution in [0, 0.1) is 11.6 Å².